The Kier molecular flexibility index (Phi) is 9.38. The Balaban J connectivity index is 1.63. The van der Waals surface area contributed by atoms with Crippen molar-refractivity contribution in [2.45, 2.75) is 13.5 Å². The number of carbonyl (C=O) groups excluding carboxylic acids is 1. The van der Waals surface area contributed by atoms with Gasteiger partial charge in [0.25, 0.3) is 5.91 Å². The van der Waals surface area contributed by atoms with E-state index in [1.165, 1.54) is 0 Å². The van der Waals surface area contributed by atoms with Crippen molar-refractivity contribution in [3.63, 3.8) is 0 Å². The van der Waals surface area contributed by atoms with Crippen LogP contribution in [0.3, 0.4) is 0 Å². The molecule has 9 heteroatoms. The molecule has 166 valence electrons. The topological polar surface area (TPSA) is 72.4 Å². The molecule has 1 fully saturated rings. The van der Waals surface area contributed by atoms with E-state index in [9.17, 15) is 4.79 Å². The van der Waals surface area contributed by atoms with E-state index in [-0.39, 0.29) is 5.91 Å². The molecule has 1 amide bonds. The summed E-state index contributed by atoms with van der Waals surface area (Å²) in [5.41, 5.74) is 4.27. The van der Waals surface area contributed by atoms with Crippen LogP contribution in [0.25, 0.3) is 0 Å². The summed E-state index contributed by atoms with van der Waals surface area (Å²) in [7, 11) is 0. The van der Waals surface area contributed by atoms with Gasteiger partial charge < -0.3 is 14.2 Å². The quantitative estimate of drug-likeness (QED) is 0.289. The van der Waals surface area contributed by atoms with Crippen molar-refractivity contribution in [3.8, 4) is 11.5 Å². The Morgan fingerprint density at radius 2 is 2.06 bits per heavy atom. The van der Waals surface area contributed by atoms with Crippen molar-refractivity contribution in [2.24, 2.45) is 5.10 Å². The van der Waals surface area contributed by atoms with Gasteiger partial charge in [-0.2, -0.15) is 5.10 Å². The number of hydrogen-bond donors (Lipinski definition) is 1. The maximum atomic E-state index is 12.1. The second kappa shape index (κ2) is 12.2. The fourth-order valence-electron chi connectivity index (χ4n) is 3.01. The second-order valence-corrected chi connectivity index (χ2v) is 8.39. The Morgan fingerprint density at radius 1 is 1.29 bits per heavy atom. The molecule has 1 aliphatic rings. The summed E-state index contributed by atoms with van der Waals surface area (Å²) in [6, 6.07) is 11.3. The summed E-state index contributed by atoms with van der Waals surface area (Å²) in [5, 5.41) is 4.74. The number of hydrogen-bond acceptors (Lipinski definition) is 6. The van der Waals surface area contributed by atoms with E-state index >= 15 is 0 Å². The Bertz CT molecular complexity index is 920. The first-order chi connectivity index (χ1) is 15.1. The van der Waals surface area contributed by atoms with Crippen molar-refractivity contribution < 1.29 is 19.0 Å². The van der Waals surface area contributed by atoms with Crippen LogP contribution < -0.4 is 14.9 Å². The molecule has 0 atom stereocenters. The molecule has 31 heavy (non-hydrogen) atoms. The average molecular weight is 558 g/mol. The fourth-order valence-corrected chi connectivity index (χ4v) is 3.98. The highest BCUT2D eigenvalue weighted by atomic mass is 127. The maximum absolute atomic E-state index is 12.1. The van der Waals surface area contributed by atoms with E-state index < -0.39 is 0 Å². The van der Waals surface area contributed by atoms with Crippen molar-refractivity contribution in [2.75, 3.05) is 39.5 Å². The third kappa shape index (κ3) is 7.34. The molecule has 3 rings (SSSR count). The summed E-state index contributed by atoms with van der Waals surface area (Å²) in [6.45, 7) is 5.86. The van der Waals surface area contributed by atoms with Gasteiger partial charge in [0.05, 0.1) is 36.2 Å². The summed E-state index contributed by atoms with van der Waals surface area (Å²) in [4.78, 5) is 14.1. The fraction of sp³-hybridized carbons (Fsp3) is 0.364. The van der Waals surface area contributed by atoms with Gasteiger partial charge in [0, 0.05) is 23.7 Å². The number of nitrogens with zero attached hydrogens (tertiary/aromatic N) is 2. The molecule has 7 nitrogen and oxygen atoms in total. The first-order valence-electron chi connectivity index (χ1n) is 10.0. The monoisotopic (exact) mass is 557 g/mol. The van der Waals surface area contributed by atoms with Crippen molar-refractivity contribution in [1.82, 2.24) is 10.3 Å². The van der Waals surface area contributed by atoms with Crippen LogP contribution in [0.15, 0.2) is 41.5 Å². The minimum atomic E-state index is -0.155. The molecule has 0 saturated carbocycles. The highest BCUT2D eigenvalue weighted by molar-refractivity contribution is 14.1. The van der Waals surface area contributed by atoms with E-state index in [0.29, 0.717) is 49.5 Å². The van der Waals surface area contributed by atoms with Crippen LogP contribution in [-0.4, -0.2) is 56.5 Å². The summed E-state index contributed by atoms with van der Waals surface area (Å²) < 4.78 is 18.0. The second-order valence-electron chi connectivity index (χ2n) is 6.82. The minimum Gasteiger partial charge on any atom is -0.490 e. The molecule has 0 unspecified atom stereocenters. The molecule has 1 saturated heterocycles. The first-order valence-corrected chi connectivity index (χ1v) is 11.5. The highest BCUT2D eigenvalue weighted by Gasteiger charge is 2.14. The summed E-state index contributed by atoms with van der Waals surface area (Å²) >= 11 is 8.43. The molecule has 1 aliphatic heterocycles. The van der Waals surface area contributed by atoms with Gasteiger partial charge in [-0.3, -0.25) is 9.69 Å². The summed E-state index contributed by atoms with van der Waals surface area (Å²) in [6.07, 6.45) is 1.60. The van der Waals surface area contributed by atoms with E-state index in [2.05, 4.69) is 33.1 Å². The van der Waals surface area contributed by atoms with Crippen LogP contribution in [0.5, 0.6) is 11.5 Å². The highest BCUT2D eigenvalue weighted by Crippen LogP contribution is 2.35. The number of amides is 1. The molecule has 2 aromatic rings. The van der Waals surface area contributed by atoms with Crippen LogP contribution in [0.4, 0.5) is 0 Å². The van der Waals surface area contributed by atoms with Gasteiger partial charge in [-0.1, -0.05) is 29.8 Å². The zero-order valence-electron chi connectivity index (χ0n) is 17.3. The maximum Gasteiger partial charge on any atom is 0.254 e. The largest absolute Gasteiger partial charge is 0.490 e. The van der Waals surface area contributed by atoms with Crippen LogP contribution in [0.1, 0.15) is 18.1 Å². The Labute approximate surface area is 200 Å². The number of ether oxygens (including phenoxy) is 3. The third-order valence-electron chi connectivity index (χ3n) is 4.54. The molecule has 0 spiro atoms. The smallest absolute Gasteiger partial charge is 0.254 e. The van der Waals surface area contributed by atoms with Crippen molar-refractivity contribution >= 4 is 46.3 Å². The Hall–Kier alpha value is -1.88. The number of nitrogens with one attached hydrogen (secondary N) is 1. The van der Waals surface area contributed by atoms with Gasteiger partial charge in [-0.25, -0.2) is 5.43 Å². The van der Waals surface area contributed by atoms with E-state index in [1.54, 1.807) is 6.21 Å². The Morgan fingerprint density at radius 3 is 2.81 bits per heavy atom. The molecule has 1 N–H and O–H groups in total. The SMILES string of the molecule is CCOc1cc(/C=N\NC(=O)CN2CCOCC2)cc(I)c1OCc1ccccc1Cl. The molecule has 0 aliphatic carbocycles. The van der Waals surface area contributed by atoms with E-state index in [0.717, 1.165) is 27.8 Å². The van der Waals surface area contributed by atoms with Crippen LogP contribution in [0, 0.1) is 3.57 Å². The molecule has 0 radical (unpaired) electrons. The van der Waals surface area contributed by atoms with Gasteiger partial charge in [0.1, 0.15) is 6.61 Å². The number of rotatable bonds is 9. The predicted octanol–water partition coefficient (Wildman–Crippen LogP) is 3.70. The van der Waals surface area contributed by atoms with E-state index in [1.807, 2.05) is 48.2 Å². The van der Waals surface area contributed by atoms with Gasteiger partial charge in [0.2, 0.25) is 0 Å². The molecule has 0 bridgehead atoms. The molecule has 0 aromatic heterocycles. The molecular formula is C22H25ClIN3O4. The average Bonchev–Trinajstić information content (AvgIpc) is 2.75. The lowest BCUT2D eigenvalue weighted by Crippen LogP contribution is -2.42. The van der Waals surface area contributed by atoms with Crippen LogP contribution >= 0.6 is 34.2 Å². The first kappa shape index (κ1) is 23.8. The molecular weight excluding hydrogens is 533 g/mol. The van der Waals surface area contributed by atoms with Gasteiger partial charge >= 0.3 is 0 Å². The zero-order valence-corrected chi connectivity index (χ0v) is 20.2. The number of carbonyl (C=O) groups is 1. The lowest BCUT2D eigenvalue weighted by Gasteiger charge is -2.25. The number of halogens is 2. The zero-order chi connectivity index (χ0) is 22.1. The predicted molar refractivity (Wildman–Crippen MR) is 129 cm³/mol. The molecule has 2 aromatic carbocycles. The lowest BCUT2D eigenvalue weighted by atomic mass is 10.2. The summed E-state index contributed by atoms with van der Waals surface area (Å²) in [5.74, 6) is 1.11. The van der Waals surface area contributed by atoms with E-state index in [4.69, 9.17) is 25.8 Å². The minimum absolute atomic E-state index is 0.155. The standard InChI is InChI=1S/C22H25ClIN3O4/c1-2-30-20-12-16(13-25-26-21(28)14-27-7-9-29-10-8-27)11-19(24)22(20)31-15-17-5-3-4-6-18(17)23/h3-6,11-13H,2,7-10,14-15H2,1H3,(H,26,28)/b25-13-. The van der Waals surface area contributed by atoms with Gasteiger partial charge in [-0.15, -0.1) is 0 Å². The number of benzene rings is 2. The van der Waals surface area contributed by atoms with Crippen LogP contribution in [0.2, 0.25) is 5.02 Å². The van der Waals surface area contributed by atoms with Gasteiger partial charge in [0.15, 0.2) is 11.5 Å². The number of hydrazone groups is 1. The number of morpholine rings is 1. The van der Waals surface area contributed by atoms with Gasteiger partial charge in [-0.05, 0) is 53.3 Å². The lowest BCUT2D eigenvalue weighted by molar-refractivity contribution is -0.123. The van der Waals surface area contributed by atoms with Crippen molar-refractivity contribution in [3.05, 3.63) is 56.1 Å². The molecule has 1 heterocycles. The third-order valence-corrected chi connectivity index (χ3v) is 5.71. The van der Waals surface area contributed by atoms with Crippen LogP contribution in [-0.2, 0) is 16.1 Å². The normalized spacial score (nSPS) is 14.5. The van der Waals surface area contributed by atoms with Crippen molar-refractivity contribution in [1.29, 1.82) is 0 Å².